The number of carbonyl (C=O) groups excluding carboxylic acids is 1. The standard InChI is InChI=1S/C22H37N3O/c1-3-4-5-6-7-8-9-10-11-12-17-24-22(26)20(19-23)15-16-21-14-13-18-25(21)2/h15-16H,3-14,17-18H2,1-2H3,(H,24,26)/b20-15+,21-16+. The molecule has 26 heavy (non-hydrogen) atoms. The van der Waals surface area contributed by atoms with E-state index in [1.165, 1.54) is 57.1 Å². The second-order valence-electron chi connectivity index (χ2n) is 7.31. The first-order valence-electron chi connectivity index (χ1n) is 10.5. The van der Waals surface area contributed by atoms with Gasteiger partial charge in [0.1, 0.15) is 11.6 Å². The first-order valence-corrected chi connectivity index (χ1v) is 10.5. The van der Waals surface area contributed by atoms with E-state index in [9.17, 15) is 10.1 Å². The smallest absolute Gasteiger partial charge is 0.261 e. The Morgan fingerprint density at radius 3 is 2.27 bits per heavy atom. The Labute approximate surface area is 160 Å². The van der Waals surface area contributed by atoms with Gasteiger partial charge >= 0.3 is 0 Å². The Hall–Kier alpha value is -1.76. The second kappa shape index (κ2) is 14.4. The molecule has 0 spiro atoms. The quantitative estimate of drug-likeness (QED) is 0.283. The van der Waals surface area contributed by atoms with Crippen molar-refractivity contribution in [2.24, 2.45) is 0 Å². The fourth-order valence-electron chi connectivity index (χ4n) is 3.30. The van der Waals surface area contributed by atoms with Crippen LogP contribution in [0.3, 0.4) is 0 Å². The molecule has 0 aliphatic carbocycles. The molecule has 4 nitrogen and oxygen atoms in total. The van der Waals surface area contributed by atoms with E-state index in [2.05, 4.69) is 17.1 Å². The average molecular weight is 360 g/mol. The van der Waals surface area contributed by atoms with Crippen molar-refractivity contribution < 1.29 is 4.79 Å². The molecular weight excluding hydrogens is 322 g/mol. The number of carbonyl (C=O) groups is 1. The molecule has 1 aliphatic heterocycles. The van der Waals surface area contributed by atoms with Crippen LogP contribution in [0.15, 0.2) is 23.4 Å². The molecular formula is C22H37N3O. The number of likely N-dealkylation sites (tertiary alicyclic amines) is 1. The summed E-state index contributed by atoms with van der Waals surface area (Å²) in [5.74, 6) is -0.249. The van der Waals surface area contributed by atoms with Crippen LogP contribution in [0.25, 0.3) is 0 Å². The monoisotopic (exact) mass is 359 g/mol. The minimum absolute atomic E-state index is 0.199. The summed E-state index contributed by atoms with van der Waals surface area (Å²) in [6.07, 6.45) is 18.5. The van der Waals surface area contributed by atoms with Crippen molar-refractivity contribution in [1.82, 2.24) is 10.2 Å². The molecule has 0 radical (unpaired) electrons. The largest absolute Gasteiger partial charge is 0.378 e. The van der Waals surface area contributed by atoms with Gasteiger partial charge in [-0.15, -0.1) is 0 Å². The lowest BCUT2D eigenvalue weighted by molar-refractivity contribution is -0.117. The number of nitriles is 1. The minimum atomic E-state index is -0.249. The summed E-state index contributed by atoms with van der Waals surface area (Å²) in [5, 5.41) is 12.1. The van der Waals surface area contributed by atoms with Crippen LogP contribution in [-0.4, -0.2) is 30.9 Å². The van der Waals surface area contributed by atoms with E-state index in [-0.39, 0.29) is 11.5 Å². The lowest BCUT2D eigenvalue weighted by atomic mass is 10.1. The fourth-order valence-corrected chi connectivity index (χ4v) is 3.30. The van der Waals surface area contributed by atoms with Crippen LogP contribution in [0.1, 0.15) is 84.0 Å². The Bertz CT molecular complexity index is 502. The summed E-state index contributed by atoms with van der Waals surface area (Å²) in [4.78, 5) is 14.3. The highest BCUT2D eigenvalue weighted by Gasteiger charge is 2.12. The van der Waals surface area contributed by atoms with Crippen LogP contribution in [0, 0.1) is 11.3 Å². The predicted molar refractivity (Wildman–Crippen MR) is 108 cm³/mol. The summed E-state index contributed by atoms with van der Waals surface area (Å²) < 4.78 is 0. The number of nitrogens with zero attached hydrogens (tertiary/aromatic N) is 2. The van der Waals surface area contributed by atoms with E-state index in [1.807, 2.05) is 19.2 Å². The van der Waals surface area contributed by atoms with E-state index in [0.29, 0.717) is 6.54 Å². The van der Waals surface area contributed by atoms with Crippen LogP contribution in [0.5, 0.6) is 0 Å². The second-order valence-corrected chi connectivity index (χ2v) is 7.31. The number of rotatable bonds is 13. The van der Waals surface area contributed by atoms with Crippen LogP contribution in [-0.2, 0) is 4.79 Å². The van der Waals surface area contributed by atoms with Gasteiger partial charge in [0.05, 0.1) is 0 Å². The van der Waals surface area contributed by atoms with Gasteiger partial charge in [0.2, 0.25) is 0 Å². The molecule has 1 fully saturated rings. The SMILES string of the molecule is CCCCCCCCCCCCNC(=O)/C(C#N)=C/C=C1\CCCN1C. The van der Waals surface area contributed by atoms with Crippen molar-refractivity contribution in [2.45, 2.75) is 84.0 Å². The average Bonchev–Trinajstić information content (AvgIpc) is 3.05. The zero-order chi connectivity index (χ0) is 19.0. The fraction of sp³-hybridized carbons (Fsp3) is 0.727. The van der Waals surface area contributed by atoms with E-state index >= 15 is 0 Å². The maximum Gasteiger partial charge on any atom is 0.261 e. The van der Waals surface area contributed by atoms with Crippen molar-refractivity contribution in [3.8, 4) is 6.07 Å². The lowest BCUT2D eigenvalue weighted by Crippen LogP contribution is -2.25. The predicted octanol–water partition coefficient (Wildman–Crippen LogP) is 5.08. The Morgan fingerprint density at radius 1 is 1.12 bits per heavy atom. The highest BCUT2D eigenvalue weighted by atomic mass is 16.1. The van der Waals surface area contributed by atoms with Crippen molar-refractivity contribution in [2.75, 3.05) is 20.1 Å². The summed E-state index contributed by atoms with van der Waals surface area (Å²) in [6, 6.07) is 2.02. The van der Waals surface area contributed by atoms with Gasteiger partial charge in [-0.05, 0) is 31.4 Å². The molecule has 0 bridgehead atoms. The molecule has 1 saturated heterocycles. The zero-order valence-electron chi connectivity index (χ0n) is 16.9. The third-order valence-electron chi connectivity index (χ3n) is 5.04. The van der Waals surface area contributed by atoms with Gasteiger partial charge in [0, 0.05) is 25.8 Å². The number of nitrogens with one attached hydrogen (secondary N) is 1. The summed E-state index contributed by atoms with van der Waals surface area (Å²) >= 11 is 0. The number of allylic oxidation sites excluding steroid dienone is 3. The highest BCUT2D eigenvalue weighted by molar-refractivity contribution is 5.97. The molecule has 1 N–H and O–H groups in total. The van der Waals surface area contributed by atoms with Gasteiger partial charge in [-0.3, -0.25) is 4.79 Å². The molecule has 0 saturated carbocycles. The van der Waals surface area contributed by atoms with Crippen molar-refractivity contribution >= 4 is 5.91 Å². The third-order valence-corrected chi connectivity index (χ3v) is 5.04. The van der Waals surface area contributed by atoms with Crippen molar-refractivity contribution in [3.63, 3.8) is 0 Å². The summed E-state index contributed by atoms with van der Waals surface area (Å²) in [6.45, 7) is 3.96. The van der Waals surface area contributed by atoms with Gasteiger partial charge in [-0.2, -0.15) is 5.26 Å². The van der Waals surface area contributed by atoms with E-state index < -0.39 is 0 Å². The van der Waals surface area contributed by atoms with Crippen molar-refractivity contribution in [3.05, 3.63) is 23.4 Å². The maximum atomic E-state index is 12.1. The Kier molecular flexibility index (Phi) is 12.4. The van der Waals surface area contributed by atoms with Crippen LogP contribution in [0.2, 0.25) is 0 Å². The molecule has 146 valence electrons. The van der Waals surface area contributed by atoms with Crippen LogP contribution in [0.4, 0.5) is 0 Å². The van der Waals surface area contributed by atoms with E-state index in [0.717, 1.165) is 32.2 Å². The molecule has 0 atom stereocenters. The molecule has 1 heterocycles. The molecule has 0 aromatic heterocycles. The third kappa shape index (κ3) is 9.65. The molecule has 0 aromatic carbocycles. The van der Waals surface area contributed by atoms with E-state index in [1.54, 1.807) is 6.08 Å². The number of unbranched alkanes of at least 4 members (excludes halogenated alkanes) is 9. The summed E-state index contributed by atoms with van der Waals surface area (Å²) in [5.41, 5.74) is 1.39. The number of hydrogen-bond donors (Lipinski definition) is 1. The minimum Gasteiger partial charge on any atom is -0.378 e. The molecule has 1 aliphatic rings. The van der Waals surface area contributed by atoms with Gasteiger partial charge in [-0.1, -0.05) is 64.7 Å². The lowest BCUT2D eigenvalue weighted by Gasteiger charge is -2.11. The topological polar surface area (TPSA) is 56.1 Å². The van der Waals surface area contributed by atoms with Crippen molar-refractivity contribution in [1.29, 1.82) is 5.26 Å². The first-order chi connectivity index (χ1) is 12.7. The molecule has 4 heteroatoms. The number of hydrogen-bond acceptors (Lipinski definition) is 3. The van der Waals surface area contributed by atoms with Gasteiger partial charge in [-0.25, -0.2) is 0 Å². The van der Waals surface area contributed by atoms with Crippen LogP contribution >= 0.6 is 0 Å². The Morgan fingerprint density at radius 2 is 1.73 bits per heavy atom. The van der Waals surface area contributed by atoms with Gasteiger partial charge < -0.3 is 10.2 Å². The first kappa shape index (κ1) is 22.3. The van der Waals surface area contributed by atoms with Gasteiger partial charge in [0.25, 0.3) is 5.91 Å². The number of amides is 1. The molecule has 0 aromatic rings. The highest BCUT2D eigenvalue weighted by Crippen LogP contribution is 2.18. The van der Waals surface area contributed by atoms with E-state index in [4.69, 9.17) is 0 Å². The molecule has 1 amide bonds. The maximum absolute atomic E-state index is 12.1. The van der Waals surface area contributed by atoms with Crippen LogP contribution < -0.4 is 5.32 Å². The zero-order valence-corrected chi connectivity index (χ0v) is 16.9. The summed E-state index contributed by atoms with van der Waals surface area (Å²) in [7, 11) is 2.05. The normalized spacial score (nSPS) is 16.1. The Balaban J connectivity index is 2.10. The molecule has 0 unspecified atom stereocenters. The van der Waals surface area contributed by atoms with Gasteiger partial charge in [0.15, 0.2) is 0 Å². The molecule has 1 rings (SSSR count).